The number of hydrogen-bond donors (Lipinski definition) is 0. The van der Waals surface area contributed by atoms with Crippen LogP contribution in [0.4, 0.5) is 4.39 Å². The van der Waals surface area contributed by atoms with E-state index in [9.17, 15) is 4.39 Å². The van der Waals surface area contributed by atoms with Crippen LogP contribution in [0, 0.1) is 5.82 Å². The van der Waals surface area contributed by atoms with Crippen LogP contribution in [0.25, 0.3) is 10.2 Å². The Morgan fingerprint density at radius 3 is 3.00 bits per heavy atom. The Morgan fingerprint density at radius 2 is 2.31 bits per heavy atom. The number of methoxy groups -OCH3 is 1. The van der Waals surface area contributed by atoms with Crippen LogP contribution < -0.4 is 4.74 Å². The number of ether oxygens (including phenoxy) is 1. The van der Waals surface area contributed by atoms with Gasteiger partial charge in [-0.05, 0) is 22.0 Å². The first kappa shape index (κ1) is 8.90. The van der Waals surface area contributed by atoms with Gasteiger partial charge in [0.15, 0.2) is 9.73 Å². The van der Waals surface area contributed by atoms with Crippen LogP contribution in [0.3, 0.4) is 0 Å². The highest BCUT2D eigenvalue weighted by molar-refractivity contribution is 9.11. The second-order valence-corrected chi connectivity index (χ2v) is 4.73. The Morgan fingerprint density at radius 1 is 1.54 bits per heavy atom. The lowest BCUT2D eigenvalue weighted by Gasteiger charge is -1.98. The van der Waals surface area contributed by atoms with Gasteiger partial charge in [0.1, 0.15) is 11.3 Å². The standard InChI is InChI=1S/C8H5BrFNOS/c1-12-4-2-5(10)7-6(3-4)13-8(9)11-7/h2-3H,1H3. The van der Waals surface area contributed by atoms with Gasteiger partial charge in [-0.1, -0.05) is 0 Å². The van der Waals surface area contributed by atoms with E-state index in [2.05, 4.69) is 20.9 Å². The molecule has 0 atom stereocenters. The third-order valence-corrected chi connectivity index (χ3v) is 3.09. The van der Waals surface area contributed by atoms with E-state index in [1.165, 1.54) is 24.5 Å². The summed E-state index contributed by atoms with van der Waals surface area (Å²) in [6.45, 7) is 0. The molecule has 1 aromatic heterocycles. The predicted octanol–water partition coefficient (Wildman–Crippen LogP) is 3.21. The third-order valence-electron chi connectivity index (χ3n) is 1.63. The number of aromatic nitrogens is 1. The van der Waals surface area contributed by atoms with E-state index < -0.39 is 0 Å². The number of hydrogen-bond acceptors (Lipinski definition) is 3. The van der Waals surface area contributed by atoms with Crippen molar-refractivity contribution < 1.29 is 9.13 Å². The molecule has 13 heavy (non-hydrogen) atoms. The fourth-order valence-electron chi connectivity index (χ4n) is 1.06. The van der Waals surface area contributed by atoms with Gasteiger partial charge in [0, 0.05) is 6.07 Å². The van der Waals surface area contributed by atoms with Crippen molar-refractivity contribution in [1.82, 2.24) is 4.98 Å². The summed E-state index contributed by atoms with van der Waals surface area (Å²) in [5, 5.41) is 0. The van der Waals surface area contributed by atoms with E-state index >= 15 is 0 Å². The third kappa shape index (κ3) is 1.53. The Bertz CT molecular complexity index is 457. The molecule has 68 valence electrons. The predicted molar refractivity (Wildman–Crippen MR) is 53.8 cm³/mol. The SMILES string of the molecule is COc1cc(F)c2nc(Br)sc2c1. The van der Waals surface area contributed by atoms with E-state index in [4.69, 9.17) is 4.74 Å². The maximum Gasteiger partial charge on any atom is 0.160 e. The van der Waals surface area contributed by atoms with E-state index in [0.29, 0.717) is 15.2 Å². The van der Waals surface area contributed by atoms with E-state index in [0.717, 1.165) is 4.70 Å². The van der Waals surface area contributed by atoms with Gasteiger partial charge in [-0.25, -0.2) is 9.37 Å². The average Bonchev–Trinajstić information content (AvgIpc) is 2.46. The zero-order chi connectivity index (χ0) is 9.42. The van der Waals surface area contributed by atoms with Crippen molar-refractivity contribution >= 4 is 37.5 Å². The van der Waals surface area contributed by atoms with Crippen LogP contribution in [0.1, 0.15) is 0 Å². The summed E-state index contributed by atoms with van der Waals surface area (Å²) < 4.78 is 19.7. The number of rotatable bonds is 1. The fourth-order valence-corrected chi connectivity index (χ4v) is 2.49. The molecular weight excluding hydrogens is 257 g/mol. The first-order valence-corrected chi connectivity index (χ1v) is 5.11. The minimum Gasteiger partial charge on any atom is -0.497 e. The Balaban J connectivity index is 2.75. The molecule has 0 radical (unpaired) electrons. The highest BCUT2D eigenvalue weighted by atomic mass is 79.9. The molecule has 2 rings (SSSR count). The fraction of sp³-hybridized carbons (Fsp3) is 0.125. The molecular formula is C8H5BrFNOS. The average molecular weight is 262 g/mol. The van der Waals surface area contributed by atoms with Crippen molar-refractivity contribution in [2.24, 2.45) is 0 Å². The van der Waals surface area contributed by atoms with Gasteiger partial charge in [-0.3, -0.25) is 0 Å². The van der Waals surface area contributed by atoms with E-state index in [1.54, 1.807) is 6.07 Å². The molecule has 2 aromatic rings. The minimum atomic E-state index is -0.351. The van der Waals surface area contributed by atoms with Gasteiger partial charge in [-0.2, -0.15) is 0 Å². The molecule has 0 aliphatic heterocycles. The number of halogens is 2. The molecule has 0 fully saturated rings. The molecule has 0 saturated carbocycles. The van der Waals surface area contributed by atoms with E-state index in [1.807, 2.05) is 0 Å². The topological polar surface area (TPSA) is 22.1 Å². The summed E-state index contributed by atoms with van der Waals surface area (Å²) in [4.78, 5) is 3.99. The van der Waals surface area contributed by atoms with Crippen molar-refractivity contribution in [3.05, 3.63) is 21.9 Å². The molecule has 2 nitrogen and oxygen atoms in total. The summed E-state index contributed by atoms with van der Waals surface area (Å²) in [5.74, 6) is 0.164. The molecule has 0 unspecified atom stereocenters. The molecule has 0 amide bonds. The van der Waals surface area contributed by atoms with Crippen LogP contribution in [-0.2, 0) is 0 Å². The Labute approximate surface area is 86.5 Å². The molecule has 1 aromatic carbocycles. The van der Waals surface area contributed by atoms with Crippen LogP contribution in [0.15, 0.2) is 16.0 Å². The summed E-state index contributed by atoms with van der Waals surface area (Å²) in [7, 11) is 1.51. The molecule has 0 spiro atoms. The molecule has 0 N–H and O–H groups in total. The zero-order valence-corrected chi connectivity index (χ0v) is 9.08. The van der Waals surface area contributed by atoms with Gasteiger partial charge < -0.3 is 4.74 Å². The largest absolute Gasteiger partial charge is 0.497 e. The number of nitrogens with zero attached hydrogens (tertiary/aromatic N) is 1. The Kier molecular flexibility index (Phi) is 2.21. The van der Waals surface area contributed by atoms with E-state index in [-0.39, 0.29) is 5.82 Å². The molecule has 0 aliphatic carbocycles. The molecule has 5 heteroatoms. The normalized spacial score (nSPS) is 10.7. The number of fused-ring (bicyclic) bond motifs is 1. The number of thiazole rings is 1. The van der Waals surface area contributed by atoms with Crippen LogP contribution in [0.2, 0.25) is 0 Å². The summed E-state index contributed by atoms with van der Waals surface area (Å²) >= 11 is 4.59. The van der Waals surface area contributed by atoms with Crippen LogP contribution >= 0.6 is 27.3 Å². The second-order valence-electron chi connectivity index (χ2n) is 2.42. The molecule has 0 aliphatic rings. The summed E-state index contributed by atoms with van der Waals surface area (Å²) in [5.41, 5.74) is 0.387. The quantitative estimate of drug-likeness (QED) is 0.787. The van der Waals surface area contributed by atoms with Gasteiger partial charge in [-0.15, -0.1) is 11.3 Å². The van der Waals surface area contributed by atoms with Crippen LogP contribution in [-0.4, -0.2) is 12.1 Å². The van der Waals surface area contributed by atoms with Crippen molar-refractivity contribution in [3.63, 3.8) is 0 Å². The van der Waals surface area contributed by atoms with Crippen molar-refractivity contribution in [3.8, 4) is 5.75 Å². The Hall–Kier alpha value is -0.680. The first-order valence-electron chi connectivity index (χ1n) is 3.50. The lowest BCUT2D eigenvalue weighted by Crippen LogP contribution is -1.84. The maximum absolute atomic E-state index is 13.3. The van der Waals surface area contributed by atoms with Gasteiger partial charge in [0.05, 0.1) is 11.8 Å². The molecule has 1 heterocycles. The monoisotopic (exact) mass is 261 g/mol. The van der Waals surface area contributed by atoms with Crippen molar-refractivity contribution in [2.75, 3.05) is 7.11 Å². The van der Waals surface area contributed by atoms with Gasteiger partial charge >= 0.3 is 0 Å². The van der Waals surface area contributed by atoms with Crippen molar-refractivity contribution in [2.45, 2.75) is 0 Å². The maximum atomic E-state index is 13.3. The highest BCUT2D eigenvalue weighted by Crippen LogP contribution is 2.31. The summed E-state index contributed by atoms with van der Waals surface area (Å²) in [6.07, 6.45) is 0. The lowest BCUT2D eigenvalue weighted by molar-refractivity contribution is 0.412. The lowest BCUT2D eigenvalue weighted by atomic mass is 10.3. The molecule has 0 bridgehead atoms. The van der Waals surface area contributed by atoms with Gasteiger partial charge in [0.2, 0.25) is 0 Å². The van der Waals surface area contributed by atoms with Gasteiger partial charge in [0.25, 0.3) is 0 Å². The first-order chi connectivity index (χ1) is 6.20. The van der Waals surface area contributed by atoms with Crippen molar-refractivity contribution in [1.29, 1.82) is 0 Å². The zero-order valence-electron chi connectivity index (χ0n) is 6.67. The number of benzene rings is 1. The summed E-state index contributed by atoms with van der Waals surface area (Å²) in [6, 6.07) is 3.09. The molecule has 0 saturated heterocycles. The second kappa shape index (κ2) is 3.23. The minimum absolute atomic E-state index is 0.351. The van der Waals surface area contributed by atoms with Crippen LogP contribution in [0.5, 0.6) is 5.75 Å². The smallest absolute Gasteiger partial charge is 0.160 e. The highest BCUT2D eigenvalue weighted by Gasteiger charge is 2.08.